The minimum absolute atomic E-state index is 0.150. The van der Waals surface area contributed by atoms with E-state index in [1.54, 1.807) is 25.1 Å². The van der Waals surface area contributed by atoms with Crippen molar-refractivity contribution in [1.82, 2.24) is 0 Å². The van der Waals surface area contributed by atoms with Crippen LogP contribution in [0.1, 0.15) is 21.5 Å². The average molecular weight is 262 g/mol. The molecule has 2 aromatic carbocycles. The summed E-state index contributed by atoms with van der Waals surface area (Å²) >= 11 is 0. The van der Waals surface area contributed by atoms with Crippen LogP contribution in [0, 0.1) is 18.6 Å². The zero-order chi connectivity index (χ0) is 13.8. The number of rotatable bonds is 3. The molecular formula is C15H12F2O2. The van der Waals surface area contributed by atoms with Gasteiger partial charge in [0.05, 0.1) is 5.56 Å². The molecule has 0 bridgehead atoms. The van der Waals surface area contributed by atoms with Crippen LogP contribution in [0.3, 0.4) is 0 Å². The van der Waals surface area contributed by atoms with Gasteiger partial charge in [-0.3, -0.25) is 0 Å². The summed E-state index contributed by atoms with van der Waals surface area (Å²) in [5.74, 6) is -1.44. The second-order valence-electron chi connectivity index (χ2n) is 4.13. The molecule has 0 fully saturated rings. The molecule has 0 saturated carbocycles. The second-order valence-corrected chi connectivity index (χ2v) is 4.13. The Morgan fingerprint density at radius 1 is 1.16 bits per heavy atom. The molecule has 4 heteroatoms. The first-order valence-electron chi connectivity index (χ1n) is 5.74. The topological polar surface area (TPSA) is 26.3 Å². The highest BCUT2D eigenvalue weighted by Gasteiger charge is 2.12. The zero-order valence-electron chi connectivity index (χ0n) is 10.3. The summed E-state index contributed by atoms with van der Waals surface area (Å²) in [5, 5.41) is 0. The van der Waals surface area contributed by atoms with Gasteiger partial charge >= 0.3 is 5.97 Å². The number of benzene rings is 2. The third kappa shape index (κ3) is 3.16. The maximum absolute atomic E-state index is 13.3. The van der Waals surface area contributed by atoms with Gasteiger partial charge in [-0.2, -0.15) is 0 Å². The Morgan fingerprint density at radius 3 is 2.58 bits per heavy atom. The van der Waals surface area contributed by atoms with Crippen molar-refractivity contribution in [1.29, 1.82) is 0 Å². The Morgan fingerprint density at radius 2 is 1.89 bits per heavy atom. The van der Waals surface area contributed by atoms with E-state index in [1.165, 1.54) is 24.3 Å². The van der Waals surface area contributed by atoms with Crippen LogP contribution in [0.25, 0.3) is 0 Å². The molecule has 2 nitrogen and oxygen atoms in total. The van der Waals surface area contributed by atoms with Crippen LogP contribution in [-0.4, -0.2) is 5.97 Å². The summed E-state index contributed by atoms with van der Waals surface area (Å²) in [6, 6.07) is 9.85. The third-order valence-electron chi connectivity index (χ3n) is 2.72. The van der Waals surface area contributed by atoms with Crippen LogP contribution in [0.4, 0.5) is 8.78 Å². The van der Waals surface area contributed by atoms with E-state index in [2.05, 4.69) is 0 Å². The molecule has 0 N–H and O–H groups in total. The van der Waals surface area contributed by atoms with Gasteiger partial charge < -0.3 is 4.74 Å². The number of carbonyl (C=O) groups is 1. The highest BCUT2D eigenvalue weighted by molar-refractivity contribution is 5.90. The first-order chi connectivity index (χ1) is 9.08. The molecule has 0 aliphatic rings. The van der Waals surface area contributed by atoms with Crippen molar-refractivity contribution in [3.8, 4) is 0 Å². The van der Waals surface area contributed by atoms with E-state index in [-0.39, 0.29) is 12.2 Å². The van der Waals surface area contributed by atoms with E-state index in [0.29, 0.717) is 11.1 Å². The van der Waals surface area contributed by atoms with Gasteiger partial charge in [0.2, 0.25) is 0 Å². The third-order valence-corrected chi connectivity index (χ3v) is 2.72. The highest BCUT2D eigenvalue weighted by Crippen LogP contribution is 2.14. The van der Waals surface area contributed by atoms with Crippen molar-refractivity contribution in [3.63, 3.8) is 0 Å². The summed E-state index contributed by atoms with van der Waals surface area (Å²) < 4.78 is 31.3. The van der Waals surface area contributed by atoms with E-state index in [9.17, 15) is 13.6 Å². The van der Waals surface area contributed by atoms with Gasteiger partial charge in [0.15, 0.2) is 0 Å². The molecule has 0 aromatic heterocycles. The van der Waals surface area contributed by atoms with Crippen LogP contribution < -0.4 is 0 Å². The van der Waals surface area contributed by atoms with Crippen LogP contribution in [0.15, 0.2) is 42.5 Å². The Hall–Kier alpha value is -2.23. The van der Waals surface area contributed by atoms with Crippen LogP contribution in [0.2, 0.25) is 0 Å². The van der Waals surface area contributed by atoms with Crippen molar-refractivity contribution >= 4 is 5.97 Å². The van der Waals surface area contributed by atoms with Crippen molar-refractivity contribution in [2.24, 2.45) is 0 Å². The van der Waals surface area contributed by atoms with Crippen molar-refractivity contribution in [2.45, 2.75) is 13.5 Å². The molecule has 0 heterocycles. The Kier molecular flexibility index (Phi) is 3.90. The SMILES string of the molecule is Cc1cc(F)ccc1C(=O)OCc1ccccc1F. The normalized spacial score (nSPS) is 10.3. The lowest BCUT2D eigenvalue weighted by Gasteiger charge is -2.07. The van der Waals surface area contributed by atoms with E-state index >= 15 is 0 Å². The Bertz CT molecular complexity index is 609. The molecule has 0 spiro atoms. The fourth-order valence-electron chi connectivity index (χ4n) is 1.69. The minimum atomic E-state index is -0.597. The first kappa shape index (κ1) is 13.2. The summed E-state index contributed by atoms with van der Waals surface area (Å²) in [4.78, 5) is 11.8. The minimum Gasteiger partial charge on any atom is -0.457 e. The average Bonchev–Trinajstić information content (AvgIpc) is 2.37. The van der Waals surface area contributed by atoms with E-state index < -0.39 is 17.6 Å². The van der Waals surface area contributed by atoms with Gasteiger partial charge in [0, 0.05) is 5.56 Å². The smallest absolute Gasteiger partial charge is 0.338 e. The van der Waals surface area contributed by atoms with Gasteiger partial charge in [0.1, 0.15) is 18.2 Å². The Balaban J connectivity index is 2.08. The summed E-state index contributed by atoms with van der Waals surface area (Å²) in [6.07, 6.45) is 0. The number of carbonyl (C=O) groups excluding carboxylic acids is 1. The lowest BCUT2D eigenvalue weighted by atomic mass is 10.1. The number of hydrogen-bond acceptors (Lipinski definition) is 2. The van der Waals surface area contributed by atoms with Crippen LogP contribution in [-0.2, 0) is 11.3 Å². The van der Waals surface area contributed by atoms with E-state index in [1.807, 2.05) is 0 Å². The molecule has 0 aliphatic heterocycles. The molecule has 0 saturated heterocycles. The molecule has 98 valence electrons. The molecular weight excluding hydrogens is 250 g/mol. The highest BCUT2D eigenvalue weighted by atomic mass is 19.1. The van der Waals surface area contributed by atoms with Gasteiger partial charge in [-0.05, 0) is 36.8 Å². The molecule has 0 radical (unpaired) electrons. The van der Waals surface area contributed by atoms with Crippen molar-refractivity contribution < 1.29 is 18.3 Å². The van der Waals surface area contributed by atoms with Crippen LogP contribution >= 0.6 is 0 Å². The van der Waals surface area contributed by atoms with Gasteiger partial charge in [0.25, 0.3) is 0 Å². The van der Waals surface area contributed by atoms with Gasteiger partial charge in [-0.25, -0.2) is 13.6 Å². The zero-order valence-corrected chi connectivity index (χ0v) is 10.3. The number of hydrogen-bond donors (Lipinski definition) is 0. The second kappa shape index (κ2) is 5.61. The molecule has 0 aliphatic carbocycles. The van der Waals surface area contributed by atoms with E-state index in [0.717, 1.165) is 0 Å². The number of esters is 1. The first-order valence-corrected chi connectivity index (χ1v) is 5.74. The van der Waals surface area contributed by atoms with Crippen molar-refractivity contribution in [3.05, 3.63) is 70.8 Å². The number of aryl methyl sites for hydroxylation is 1. The predicted molar refractivity (Wildman–Crippen MR) is 66.7 cm³/mol. The quantitative estimate of drug-likeness (QED) is 0.789. The molecule has 2 aromatic rings. The standard InChI is InChI=1S/C15H12F2O2/c1-10-8-12(16)6-7-13(10)15(18)19-9-11-4-2-3-5-14(11)17/h2-8H,9H2,1H3. The fourth-order valence-corrected chi connectivity index (χ4v) is 1.69. The van der Waals surface area contributed by atoms with E-state index in [4.69, 9.17) is 4.74 Å². The molecule has 0 amide bonds. The molecule has 0 unspecified atom stereocenters. The maximum Gasteiger partial charge on any atom is 0.338 e. The summed E-state index contributed by atoms with van der Waals surface area (Å²) in [5.41, 5.74) is 1.06. The Labute approximate surface area is 109 Å². The fraction of sp³-hybridized carbons (Fsp3) is 0.133. The number of ether oxygens (including phenoxy) is 1. The molecule has 2 rings (SSSR count). The lowest BCUT2D eigenvalue weighted by Crippen LogP contribution is -2.08. The molecule has 0 atom stereocenters. The lowest BCUT2D eigenvalue weighted by molar-refractivity contribution is 0.0468. The van der Waals surface area contributed by atoms with Crippen molar-refractivity contribution in [2.75, 3.05) is 0 Å². The van der Waals surface area contributed by atoms with Gasteiger partial charge in [-0.1, -0.05) is 18.2 Å². The largest absolute Gasteiger partial charge is 0.457 e. The molecule has 19 heavy (non-hydrogen) atoms. The van der Waals surface area contributed by atoms with Crippen LogP contribution in [0.5, 0.6) is 0 Å². The summed E-state index contributed by atoms with van der Waals surface area (Å²) in [6.45, 7) is 1.46. The summed E-state index contributed by atoms with van der Waals surface area (Å²) in [7, 11) is 0. The maximum atomic E-state index is 13.3. The van der Waals surface area contributed by atoms with Gasteiger partial charge in [-0.15, -0.1) is 0 Å². The number of halogens is 2. The predicted octanol–water partition coefficient (Wildman–Crippen LogP) is 3.63. The monoisotopic (exact) mass is 262 g/mol.